The van der Waals surface area contributed by atoms with Crippen LogP contribution < -0.4 is 4.90 Å². The van der Waals surface area contributed by atoms with Gasteiger partial charge < -0.3 is 10.0 Å². The van der Waals surface area contributed by atoms with Crippen LogP contribution in [0.2, 0.25) is 0 Å². The molecule has 1 aliphatic rings. The van der Waals surface area contributed by atoms with Gasteiger partial charge in [0.15, 0.2) is 6.29 Å². The van der Waals surface area contributed by atoms with Crippen molar-refractivity contribution in [1.82, 2.24) is 4.98 Å². The highest BCUT2D eigenvalue weighted by Gasteiger charge is 2.25. The van der Waals surface area contributed by atoms with E-state index < -0.39 is 0 Å². The van der Waals surface area contributed by atoms with Crippen molar-refractivity contribution in [2.24, 2.45) is 5.92 Å². The molecule has 4 heteroatoms. The van der Waals surface area contributed by atoms with Crippen molar-refractivity contribution < 1.29 is 9.90 Å². The molecule has 1 aromatic heterocycles. The van der Waals surface area contributed by atoms with Gasteiger partial charge in [-0.05, 0) is 30.9 Å². The van der Waals surface area contributed by atoms with E-state index in [0.29, 0.717) is 18.0 Å². The molecule has 2 heterocycles. The summed E-state index contributed by atoms with van der Waals surface area (Å²) in [7, 11) is 0. The topological polar surface area (TPSA) is 53.4 Å². The van der Waals surface area contributed by atoms with Gasteiger partial charge in [-0.25, -0.2) is 4.98 Å². The van der Waals surface area contributed by atoms with Crippen LogP contribution in [0.25, 0.3) is 0 Å². The summed E-state index contributed by atoms with van der Waals surface area (Å²) in [6, 6.07) is 1.83. The zero-order valence-electron chi connectivity index (χ0n) is 10.3. The molecule has 0 radical (unpaired) electrons. The van der Waals surface area contributed by atoms with Crippen LogP contribution in [0.3, 0.4) is 0 Å². The predicted octanol–water partition coefficient (Wildman–Crippen LogP) is 1.41. The number of aliphatic hydroxyl groups excluding tert-OH is 1. The summed E-state index contributed by atoms with van der Waals surface area (Å²) in [5, 5.41) is 9.88. The molecule has 0 saturated carbocycles. The highest BCUT2D eigenvalue weighted by molar-refractivity contribution is 5.75. The third-order valence-corrected chi connectivity index (χ3v) is 3.43. The highest BCUT2D eigenvalue weighted by atomic mass is 16.3. The number of β-amino-alcohol motifs (C(OH)–C–C–N with tert-alkyl or cyclic N) is 1. The molecule has 2 atom stereocenters. The van der Waals surface area contributed by atoms with Crippen molar-refractivity contribution in [3.05, 3.63) is 23.4 Å². The first-order valence-corrected chi connectivity index (χ1v) is 5.96. The van der Waals surface area contributed by atoms with Gasteiger partial charge in [-0.1, -0.05) is 6.92 Å². The maximum Gasteiger partial charge on any atom is 0.151 e. The van der Waals surface area contributed by atoms with E-state index in [4.69, 9.17) is 0 Å². The van der Waals surface area contributed by atoms with Crippen LogP contribution in [0.5, 0.6) is 0 Å². The van der Waals surface area contributed by atoms with Crippen LogP contribution in [-0.4, -0.2) is 35.6 Å². The van der Waals surface area contributed by atoms with Crippen LogP contribution in [0.4, 0.5) is 5.82 Å². The fraction of sp³-hybridized carbons (Fsp3) is 0.538. The lowest BCUT2D eigenvalue weighted by Gasteiger charge is -2.35. The minimum atomic E-state index is -0.296. The van der Waals surface area contributed by atoms with E-state index in [1.807, 2.05) is 13.0 Å². The fourth-order valence-electron chi connectivity index (χ4n) is 2.23. The number of nitrogens with zero attached hydrogens (tertiary/aromatic N) is 2. The second-order valence-electron chi connectivity index (χ2n) is 4.81. The largest absolute Gasteiger partial charge is 0.391 e. The molecule has 1 N–H and O–H groups in total. The van der Waals surface area contributed by atoms with E-state index in [1.165, 1.54) is 0 Å². The maximum absolute atomic E-state index is 10.6. The lowest BCUT2D eigenvalue weighted by atomic mass is 9.96. The molecule has 2 unspecified atom stereocenters. The molecular weight excluding hydrogens is 216 g/mol. The van der Waals surface area contributed by atoms with E-state index in [9.17, 15) is 9.90 Å². The predicted molar refractivity (Wildman–Crippen MR) is 66.4 cm³/mol. The Labute approximate surface area is 101 Å². The number of carbonyl (C=O) groups is 1. The smallest absolute Gasteiger partial charge is 0.151 e. The third-order valence-electron chi connectivity index (χ3n) is 3.43. The molecular formula is C13H18N2O2. The maximum atomic E-state index is 10.6. The van der Waals surface area contributed by atoms with Gasteiger partial charge in [-0.2, -0.15) is 0 Å². The number of aryl methyl sites for hydroxylation is 1. The van der Waals surface area contributed by atoms with Crippen LogP contribution in [-0.2, 0) is 0 Å². The molecule has 1 aliphatic heterocycles. The van der Waals surface area contributed by atoms with Crippen LogP contribution in [0.15, 0.2) is 12.3 Å². The van der Waals surface area contributed by atoms with Gasteiger partial charge in [0.2, 0.25) is 0 Å². The van der Waals surface area contributed by atoms with Crippen molar-refractivity contribution in [2.75, 3.05) is 18.0 Å². The summed E-state index contributed by atoms with van der Waals surface area (Å²) in [6.07, 6.45) is 3.06. The number of hydrogen-bond donors (Lipinski definition) is 1. The SMILES string of the molecule is Cc1cc(C=O)cnc1N1CCC(C)C(O)C1. The molecule has 0 amide bonds. The minimum Gasteiger partial charge on any atom is -0.391 e. The summed E-state index contributed by atoms with van der Waals surface area (Å²) in [4.78, 5) is 17.1. The average Bonchev–Trinajstić information content (AvgIpc) is 2.32. The Bertz CT molecular complexity index is 420. The van der Waals surface area contributed by atoms with E-state index >= 15 is 0 Å². The molecule has 0 spiro atoms. The van der Waals surface area contributed by atoms with Gasteiger partial charge in [-0.3, -0.25) is 4.79 Å². The van der Waals surface area contributed by atoms with Crippen LogP contribution in [0.1, 0.15) is 29.3 Å². The first-order valence-electron chi connectivity index (χ1n) is 5.96. The Morgan fingerprint density at radius 3 is 2.94 bits per heavy atom. The van der Waals surface area contributed by atoms with Crippen molar-refractivity contribution in [2.45, 2.75) is 26.4 Å². The van der Waals surface area contributed by atoms with E-state index in [0.717, 1.165) is 30.6 Å². The first-order chi connectivity index (χ1) is 8.11. The molecule has 0 aliphatic carbocycles. The van der Waals surface area contributed by atoms with Crippen molar-refractivity contribution in [3.8, 4) is 0 Å². The van der Waals surface area contributed by atoms with Crippen LogP contribution in [0, 0.1) is 12.8 Å². The standard InChI is InChI=1S/C13H18N2O2/c1-9-3-4-15(7-12(9)17)13-10(2)5-11(8-16)6-14-13/h5-6,8-9,12,17H,3-4,7H2,1-2H3. The summed E-state index contributed by atoms with van der Waals surface area (Å²) < 4.78 is 0. The van der Waals surface area contributed by atoms with Gasteiger partial charge in [0, 0.05) is 24.8 Å². The number of pyridine rings is 1. The molecule has 0 aromatic carbocycles. The number of aromatic nitrogens is 1. The van der Waals surface area contributed by atoms with E-state index in [1.54, 1.807) is 6.20 Å². The first kappa shape index (κ1) is 12.0. The Kier molecular flexibility index (Phi) is 3.43. The Morgan fingerprint density at radius 2 is 2.35 bits per heavy atom. The normalized spacial score (nSPS) is 24.8. The van der Waals surface area contributed by atoms with Gasteiger partial charge in [-0.15, -0.1) is 0 Å². The number of aldehydes is 1. The number of rotatable bonds is 2. The molecule has 1 aromatic rings. The van der Waals surface area contributed by atoms with Crippen molar-refractivity contribution in [1.29, 1.82) is 0 Å². The summed E-state index contributed by atoms with van der Waals surface area (Å²) in [6.45, 7) is 5.54. The summed E-state index contributed by atoms with van der Waals surface area (Å²) in [5.74, 6) is 1.22. The van der Waals surface area contributed by atoms with Crippen LogP contribution >= 0.6 is 0 Å². The van der Waals surface area contributed by atoms with E-state index in [2.05, 4.69) is 16.8 Å². The molecule has 2 rings (SSSR count). The summed E-state index contributed by atoms with van der Waals surface area (Å²) in [5.41, 5.74) is 1.58. The number of aliphatic hydroxyl groups is 1. The van der Waals surface area contributed by atoms with Crippen molar-refractivity contribution >= 4 is 12.1 Å². The highest BCUT2D eigenvalue weighted by Crippen LogP contribution is 2.24. The number of anilines is 1. The Hall–Kier alpha value is -1.42. The Morgan fingerprint density at radius 1 is 1.59 bits per heavy atom. The minimum absolute atomic E-state index is 0.296. The van der Waals surface area contributed by atoms with Gasteiger partial charge >= 0.3 is 0 Å². The van der Waals surface area contributed by atoms with E-state index in [-0.39, 0.29) is 6.10 Å². The molecule has 17 heavy (non-hydrogen) atoms. The summed E-state index contributed by atoms with van der Waals surface area (Å²) >= 11 is 0. The second kappa shape index (κ2) is 4.84. The Balaban J connectivity index is 2.20. The van der Waals surface area contributed by atoms with Gasteiger partial charge in [0.05, 0.1) is 6.10 Å². The monoisotopic (exact) mass is 234 g/mol. The number of carbonyl (C=O) groups excluding carboxylic acids is 1. The van der Waals surface area contributed by atoms with Gasteiger partial charge in [0.25, 0.3) is 0 Å². The van der Waals surface area contributed by atoms with Gasteiger partial charge in [0.1, 0.15) is 5.82 Å². The fourth-order valence-corrected chi connectivity index (χ4v) is 2.23. The lowest BCUT2D eigenvalue weighted by Crippen LogP contribution is -2.43. The molecule has 1 saturated heterocycles. The quantitative estimate of drug-likeness (QED) is 0.786. The lowest BCUT2D eigenvalue weighted by molar-refractivity contribution is 0.102. The second-order valence-corrected chi connectivity index (χ2v) is 4.81. The molecule has 1 fully saturated rings. The zero-order valence-corrected chi connectivity index (χ0v) is 10.3. The number of hydrogen-bond acceptors (Lipinski definition) is 4. The number of piperidine rings is 1. The third kappa shape index (κ3) is 2.47. The molecule has 0 bridgehead atoms. The van der Waals surface area contributed by atoms with Crippen molar-refractivity contribution in [3.63, 3.8) is 0 Å². The molecule has 92 valence electrons. The average molecular weight is 234 g/mol. The zero-order chi connectivity index (χ0) is 12.4. The molecule has 4 nitrogen and oxygen atoms in total.